The molecule has 1 saturated heterocycles. The second-order valence-electron chi connectivity index (χ2n) is 7.44. The number of hydrogen-bond acceptors (Lipinski definition) is 4. The minimum atomic E-state index is -0.322. The largest absolute Gasteiger partial charge is 0.343 e. The average Bonchev–Trinajstić information content (AvgIpc) is 3.01. The fourth-order valence-corrected chi connectivity index (χ4v) is 3.60. The van der Waals surface area contributed by atoms with Gasteiger partial charge in [0.1, 0.15) is 11.4 Å². The zero-order valence-electron chi connectivity index (χ0n) is 16.1. The van der Waals surface area contributed by atoms with Gasteiger partial charge in [-0.1, -0.05) is 13.8 Å². The average molecular weight is 373 g/mol. The van der Waals surface area contributed by atoms with Crippen LogP contribution < -0.4 is 11.2 Å². The van der Waals surface area contributed by atoms with Crippen LogP contribution in [0.5, 0.6) is 0 Å². The van der Waals surface area contributed by atoms with E-state index in [1.54, 1.807) is 15.5 Å². The van der Waals surface area contributed by atoms with E-state index in [4.69, 9.17) is 0 Å². The Morgan fingerprint density at radius 1 is 1.26 bits per heavy atom. The second kappa shape index (κ2) is 7.94. The van der Waals surface area contributed by atoms with Crippen molar-refractivity contribution in [3.63, 3.8) is 0 Å². The van der Waals surface area contributed by atoms with Gasteiger partial charge >= 0.3 is 5.69 Å². The Kier molecular flexibility index (Phi) is 5.62. The third-order valence-electron chi connectivity index (χ3n) is 5.31. The van der Waals surface area contributed by atoms with E-state index in [1.807, 2.05) is 26.8 Å². The van der Waals surface area contributed by atoms with E-state index in [0.29, 0.717) is 25.6 Å². The topological polar surface area (TPSA) is 104 Å². The van der Waals surface area contributed by atoms with Crippen LogP contribution in [0.3, 0.4) is 0 Å². The van der Waals surface area contributed by atoms with Gasteiger partial charge in [0.2, 0.25) is 0 Å². The van der Waals surface area contributed by atoms with E-state index >= 15 is 0 Å². The number of H-pyrrole nitrogens is 2. The summed E-state index contributed by atoms with van der Waals surface area (Å²) in [5.74, 6) is 1.14. The predicted molar refractivity (Wildman–Crippen MR) is 102 cm³/mol. The molecule has 1 aliphatic heterocycles. The summed E-state index contributed by atoms with van der Waals surface area (Å²) in [5.41, 5.74) is 0.530. The van der Waals surface area contributed by atoms with Crippen LogP contribution in [0.1, 0.15) is 61.4 Å². The Morgan fingerprint density at radius 2 is 1.96 bits per heavy atom. The second-order valence-corrected chi connectivity index (χ2v) is 7.44. The maximum atomic E-state index is 12.7. The van der Waals surface area contributed by atoms with E-state index in [2.05, 4.69) is 15.2 Å². The van der Waals surface area contributed by atoms with Crippen molar-refractivity contribution in [3.05, 3.63) is 50.1 Å². The van der Waals surface area contributed by atoms with Gasteiger partial charge in [0, 0.05) is 31.7 Å². The fourth-order valence-electron chi connectivity index (χ4n) is 3.60. The number of carbonyl (C=O) groups is 1. The number of amides is 1. The zero-order valence-corrected chi connectivity index (χ0v) is 16.1. The molecule has 27 heavy (non-hydrogen) atoms. The number of likely N-dealkylation sites (tertiary alicyclic amines) is 1. The standard InChI is InChI=1S/C19H27N5O3/c1-4-24-16(21-22-19(24)27)11-13-7-9-23(10-8-13)18(26)14-5-6-15(12(2)3)20-17(14)25/h5-6,12-13H,4,7-11H2,1-3H3,(H,20,25)(H,22,27). The maximum absolute atomic E-state index is 12.7. The number of pyridine rings is 1. The fraction of sp³-hybridized carbons (Fsp3) is 0.579. The number of nitrogens with one attached hydrogen (secondary N) is 2. The molecule has 1 aliphatic rings. The molecule has 3 heterocycles. The van der Waals surface area contributed by atoms with Crippen LogP contribution in [0.25, 0.3) is 0 Å². The van der Waals surface area contributed by atoms with Crippen LogP contribution in [-0.2, 0) is 13.0 Å². The summed E-state index contributed by atoms with van der Waals surface area (Å²) in [5, 5.41) is 6.62. The van der Waals surface area contributed by atoms with Crippen molar-refractivity contribution in [2.24, 2.45) is 5.92 Å². The third kappa shape index (κ3) is 4.04. The monoisotopic (exact) mass is 373 g/mol. The van der Waals surface area contributed by atoms with Crippen molar-refractivity contribution in [2.75, 3.05) is 13.1 Å². The van der Waals surface area contributed by atoms with Crippen molar-refractivity contribution in [1.29, 1.82) is 0 Å². The van der Waals surface area contributed by atoms with Crippen LogP contribution in [0.4, 0.5) is 0 Å². The van der Waals surface area contributed by atoms with Crippen molar-refractivity contribution in [3.8, 4) is 0 Å². The highest BCUT2D eigenvalue weighted by atomic mass is 16.2. The van der Waals surface area contributed by atoms with Crippen molar-refractivity contribution >= 4 is 5.91 Å². The van der Waals surface area contributed by atoms with Gasteiger partial charge in [-0.3, -0.25) is 14.2 Å². The molecule has 0 aliphatic carbocycles. The van der Waals surface area contributed by atoms with Crippen LogP contribution in [0.15, 0.2) is 21.7 Å². The summed E-state index contributed by atoms with van der Waals surface area (Å²) in [6.07, 6.45) is 2.38. The number of carbonyl (C=O) groups excluding carboxylic acids is 1. The summed E-state index contributed by atoms with van der Waals surface area (Å²) in [6.45, 7) is 7.72. The van der Waals surface area contributed by atoms with E-state index in [1.165, 1.54) is 0 Å². The first-order valence-electron chi connectivity index (χ1n) is 9.57. The quantitative estimate of drug-likeness (QED) is 0.829. The molecule has 146 valence electrons. The third-order valence-corrected chi connectivity index (χ3v) is 5.31. The molecule has 0 atom stereocenters. The summed E-state index contributed by atoms with van der Waals surface area (Å²) >= 11 is 0. The van der Waals surface area contributed by atoms with Crippen LogP contribution in [0.2, 0.25) is 0 Å². The molecular weight excluding hydrogens is 346 g/mol. The highest BCUT2D eigenvalue weighted by Crippen LogP contribution is 2.21. The number of nitrogens with zero attached hydrogens (tertiary/aromatic N) is 3. The van der Waals surface area contributed by atoms with E-state index in [-0.39, 0.29) is 28.6 Å². The van der Waals surface area contributed by atoms with Gasteiger partial charge < -0.3 is 9.88 Å². The van der Waals surface area contributed by atoms with E-state index in [9.17, 15) is 14.4 Å². The van der Waals surface area contributed by atoms with Gasteiger partial charge in [0.25, 0.3) is 11.5 Å². The molecular formula is C19H27N5O3. The van der Waals surface area contributed by atoms with Gasteiger partial charge in [0.05, 0.1) is 0 Å². The molecule has 0 spiro atoms. The molecule has 2 N–H and O–H groups in total. The summed E-state index contributed by atoms with van der Waals surface area (Å²) in [4.78, 5) is 41.2. The Labute approximate surface area is 157 Å². The summed E-state index contributed by atoms with van der Waals surface area (Å²) in [6, 6.07) is 3.44. The van der Waals surface area contributed by atoms with E-state index < -0.39 is 0 Å². The Bertz CT molecular complexity index is 916. The lowest BCUT2D eigenvalue weighted by Crippen LogP contribution is -2.41. The molecule has 8 heteroatoms. The minimum absolute atomic E-state index is 0.177. The number of aromatic nitrogens is 4. The molecule has 2 aromatic rings. The predicted octanol–water partition coefficient (Wildman–Crippen LogP) is 1.50. The first-order valence-corrected chi connectivity index (χ1v) is 9.57. The molecule has 0 unspecified atom stereocenters. The highest BCUT2D eigenvalue weighted by Gasteiger charge is 2.26. The van der Waals surface area contributed by atoms with Gasteiger partial charge in [-0.15, -0.1) is 0 Å². The van der Waals surface area contributed by atoms with Crippen LogP contribution in [-0.4, -0.2) is 43.6 Å². The van der Waals surface area contributed by atoms with Gasteiger partial charge in [-0.05, 0) is 43.7 Å². The van der Waals surface area contributed by atoms with Crippen molar-refractivity contribution < 1.29 is 4.79 Å². The first kappa shape index (κ1) is 19.1. The Balaban J connectivity index is 1.62. The van der Waals surface area contributed by atoms with Gasteiger partial charge in [-0.25, -0.2) is 9.89 Å². The number of rotatable bonds is 5. The maximum Gasteiger partial charge on any atom is 0.343 e. The normalized spacial score (nSPS) is 15.5. The molecule has 2 aromatic heterocycles. The number of aromatic amines is 2. The Hall–Kier alpha value is -2.64. The van der Waals surface area contributed by atoms with Gasteiger partial charge in [-0.2, -0.15) is 5.10 Å². The van der Waals surface area contributed by atoms with E-state index in [0.717, 1.165) is 30.8 Å². The molecule has 1 amide bonds. The SMILES string of the molecule is CCn1c(CC2CCN(C(=O)c3ccc(C(C)C)[nH]c3=O)CC2)n[nH]c1=O. The zero-order chi connectivity index (χ0) is 19.6. The molecule has 3 rings (SSSR count). The number of piperidine rings is 1. The molecule has 0 aromatic carbocycles. The Morgan fingerprint density at radius 3 is 2.56 bits per heavy atom. The van der Waals surface area contributed by atoms with Crippen molar-refractivity contribution in [1.82, 2.24) is 24.6 Å². The highest BCUT2D eigenvalue weighted by molar-refractivity contribution is 5.93. The lowest BCUT2D eigenvalue weighted by atomic mass is 9.93. The smallest absolute Gasteiger partial charge is 0.338 e. The molecule has 0 radical (unpaired) electrons. The molecule has 0 bridgehead atoms. The molecule has 1 fully saturated rings. The minimum Gasteiger partial charge on any atom is -0.338 e. The van der Waals surface area contributed by atoms with Crippen molar-refractivity contribution in [2.45, 2.75) is 52.5 Å². The summed E-state index contributed by atoms with van der Waals surface area (Å²) < 4.78 is 1.65. The lowest BCUT2D eigenvalue weighted by molar-refractivity contribution is 0.0687. The number of hydrogen-bond donors (Lipinski definition) is 2. The first-order chi connectivity index (χ1) is 12.9. The lowest BCUT2D eigenvalue weighted by Gasteiger charge is -2.31. The summed E-state index contributed by atoms with van der Waals surface area (Å²) in [7, 11) is 0. The molecule has 8 nitrogen and oxygen atoms in total. The van der Waals surface area contributed by atoms with Crippen LogP contribution in [0, 0.1) is 5.92 Å². The molecule has 0 saturated carbocycles. The van der Waals surface area contributed by atoms with Crippen LogP contribution >= 0.6 is 0 Å². The van der Waals surface area contributed by atoms with Gasteiger partial charge in [0.15, 0.2) is 0 Å².